The fourth-order valence-electron chi connectivity index (χ4n) is 8.43. The minimum absolute atomic E-state index is 0.627. The van der Waals surface area contributed by atoms with Crippen LogP contribution in [-0.4, -0.2) is 14.5 Å². The molecule has 0 fully saturated rings. The van der Waals surface area contributed by atoms with Crippen LogP contribution in [0.2, 0.25) is 0 Å². The van der Waals surface area contributed by atoms with Crippen LogP contribution in [0.3, 0.4) is 0 Å². The van der Waals surface area contributed by atoms with Gasteiger partial charge in [0.15, 0.2) is 5.58 Å². The summed E-state index contributed by atoms with van der Waals surface area (Å²) in [6.45, 7) is 0. The number of nitrogens with zero attached hydrogens (tertiary/aromatic N) is 3. The average molecular weight is 668 g/mol. The highest BCUT2D eigenvalue weighted by Crippen LogP contribution is 2.48. The van der Waals surface area contributed by atoms with Crippen molar-refractivity contribution < 1.29 is 4.42 Å². The highest BCUT2D eigenvalue weighted by atomic mass is 32.1. The predicted octanol–water partition coefficient (Wildman–Crippen LogP) is 13.0. The van der Waals surface area contributed by atoms with E-state index in [1.807, 2.05) is 6.07 Å². The van der Waals surface area contributed by atoms with Crippen molar-refractivity contribution in [1.29, 1.82) is 0 Å². The largest absolute Gasteiger partial charge is 0.454 e. The summed E-state index contributed by atoms with van der Waals surface area (Å²) >= 11 is 1.76. The highest BCUT2D eigenvalue weighted by molar-refractivity contribution is 7.26. The van der Waals surface area contributed by atoms with Crippen molar-refractivity contribution in [3.8, 4) is 17.2 Å². The van der Waals surface area contributed by atoms with Gasteiger partial charge >= 0.3 is 0 Å². The topological polar surface area (TPSA) is 43.9 Å². The average Bonchev–Trinajstić information content (AvgIpc) is 3.88. The zero-order valence-corrected chi connectivity index (χ0v) is 27.9. The van der Waals surface area contributed by atoms with Gasteiger partial charge in [-0.05, 0) is 39.1 Å². The molecule has 0 N–H and O–H groups in total. The lowest BCUT2D eigenvalue weighted by molar-refractivity contribution is 0.671. The number of para-hydroxylation sites is 1. The lowest BCUT2D eigenvalue weighted by atomic mass is 9.98. The van der Waals surface area contributed by atoms with Crippen LogP contribution >= 0.6 is 11.3 Å². The fourth-order valence-corrected chi connectivity index (χ4v) is 9.57. The molecule has 0 radical (unpaired) electrons. The van der Waals surface area contributed by atoms with Crippen molar-refractivity contribution in [2.45, 2.75) is 0 Å². The van der Waals surface area contributed by atoms with Gasteiger partial charge in [0, 0.05) is 42.6 Å². The maximum Gasteiger partial charge on any atom is 0.236 e. The molecule has 0 aliphatic rings. The molecule has 51 heavy (non-hydrogen) atoms. The van der Waals surface area contributed by atoms with E-state index in [1.165, 1.54) is 26.2 Å². The molecule has 4 heterocycles. The summed E-state index contributed by atoms with van der Waals surface area (Å²) in [5.41, 5.74) is 6.75. The first-order valence-corrected chi connectivity index (χ1v) is 18.0. The van der Waals surface area contributed by atoms with Crippen LogP contribution in [0.15, 0.2) is 156 Å². The molecule has 0 aliphatic carbocycles. The summed E-state index contributed by atoms with van der Waals surface area (Å²) in [6, 6.07) is 53.9. The van der Waals surface area contributed by atoms with E-state index < -0.39 is 0 Å². The third-order valence-electron chi connectivity index (χ3n) is 10.6. The van der Waals surface area contributed by atoms with Gasteiger partial charge in [-0.1, -0.05) is 140 Å². The van der Waals surface area contributed by atoms with E-state index in [2.05, 4.69) is 150 Å². The number of hydrogen-bond acceptors (Lipinski definition) is 4. The fraction of sp³-hybridized carbons (Fsp3) is 0. The number of hydrogen-bond donors (Lipinski definition) is 0. The molecule has 8 aromatic carbocycles. The second-order valence-electron chi connectivity index (χ2n) is 13.3. The maximum atomic E-state index is 6.92. The Balaban J connectivity index is 1.36. The lowest BCUT2D eigenvalue weighted by Gasteiger charge is -2.13. The van der Waals surface area contributed by atoms with Gasteiger partial charge in [0.25, 0.3) is 0 Å². The second kappa shape index (κ2) is 10.0. The van der Waals surface area contributed by atoms with Crippen molar-refractivity contribution in [2.24, 2.45) is 0 Å². The van der Waals surface area contributed by atoms with E-state index in [4.69, 9.17) is 14.4 Å². The molecule has 5 heteroatoms. The number of aromatic nitrogens is 3. The Morgan fingerprint density at radius 3 is 1.96 bits per heavy atom. The van der Waals surface area contributed by atoms with Crippen LogP contribution in [0, 0.1) is 0 Å². The minimum atomic E-state index is 0.627. The molecule has 236 valence electrons. The Labute approximate surface area is 294 Å². The first-order valence-electron chi connectivity index (χ1n) is 17.2. The number of thiophene rings is 1. The van der Waals surface area contributed by atoms with Crippen LogP contribution in [0.4, 0.5) is 0 Å². The Morgan fingerprint density at radius 2 is 1.12 bits per heavy atom. The smallest absolute Gasteiger partial charge is 0.236 e. The quantitative estimate of drug-likeness (QED) is 0.184. The first kappa shape index (κ1) is 27.3. The van der Waals surface area contributed by atoms with Crippen LogP contribution < -0.4 is 0 Å². The molecular formula is C46H25N3OS. The van der Waals surface area contributed by atoms with Gasteiger partial charge < -0.3 is 4.42 Å². The predicted molar refractivity (Wildman–Crippen MR) is 214 cm³/mol. The van der Waals surface area contributed by atoms with E-state index in [0.717, 1.165) is 81.4 Å². The zero-order valence-electron chi connectivity index (χ0n) is 27.1. The van der Waals surface area contributed by atoms with E-state index >= 15 is 0 Å². The van der Waals surface area contributed by atoms with Gasteiger partial charge in [0.2, 0.25) is 5.95 Å². The first-order chi connectivity index (χ1) is 25.3. The van der Waals surface area contributed by atoms with Crippen molar-refractivity contribution in [3.63, 3.8) is 0 Å². The van der Waals surface area contributed by atoms with Gasteiger partial charge in [-0.15, -0.1) is 11.3 Å². The molecule has 4 aromatic heterocycles. The summed E-state index contributed by atoms with van der Waals surface area (Å²) < 4.78 is 11.5. The third-order valence-corrected chi connectivity index (χ3v) is 11.7. The Bertz CT molecular complexity index is 3430. The van der Waals surface area contributed by atoms with E-state index in [1.54, 1.807) is 11.3 Å². The van der Waals surface area contributed by atoms with Gasteiger partial charge in [0.05, 0.1) is 21.4 Å². The van der Waals surface area contributed by atoms with Crippen molar-refractivity contribution >= 4 is 108 Å². The van der Waals surface area contributed by atoms with Gasteiger partial charge in [-0.2, -0.15) is 0 Å². The van der Waals surface area contributed by atoms with Gasteiger partial charge in [-0.25, -0.2) is 9.97 Å². The molecule has 0 bridgehead atoms. The number of benzene rings is 8. The molecule has 0 saturated carbocycles. The molecular weight excluding hydrogens is 643 g/mol. The summed E-state index contributed by atoms with van der Waals surface area (Å²) in [4.78, 5) is 11.2. The normalized spacial score (nSPS) is 12.3. The molecule has 0 unspecified atom stereocenters. The standard InChI is InChI=1S/C46H25N3OS/c1-3-15-28-26(12-1)14-11-21-32(28)40-45-41(34-20-8-10-23-37(34)51-45)48-46(47-40)49-42-29-16-4-2-13-27(29)24-25-35(42)38-30-17-5-6-18-31(30)39-33-19-7-9-22-36(33)50-44(39)43(38)49/h1-25H. The molecule has 0 amide bonds. The Hall–Kier alpha value is -6.56. The molecule has 12 aromatic rings. The summed E-state index contributed by atoms with van der Waals surface area (Å²) in [5, 5.41) is 12.6. The lowest BCUT2D eigenvalue weighted by Crippen LogP contribution is -2.03. The molecule has 0 spiro atoms. The van der Waals surface area contributed by atoms with E-state index in [9.17, 15) is 0 Å². The third kappa shape index (κ3) is 3.63. The second-order valence-corrected chi connectivity index (χ2v) is 14.3. The Morgan fingerprint density at radius 1 is 0.471 bits per heavy atom. The van der Waals surface area contributed by atoms with Crippen molar-refractivity contribution in [1.82, 2.24) is 14.5 Å². The molecule has 0 saturated heterocycles. The molecule has 12 rings (SSSR count). The van der Waals surface area contributed by atoms with Crippen molar-refractivity contribution in [2.75, 3.05) is 0 Å². The van der Waals surface area contributed by atoms with Crippen LogP contribution in [-0.2, 0) is 0 Å². The summed E-state index contributed by atoms with van der Waals surface area (Å²) in [7, 11) is 0. The summed E-state index contributed by atoms with van der Waals surface area (Å²) in [6.07, 6.45) is 0. The highest BCUT2D eigenvalue weighted by Gasteiger charge is 2.26. The monoisotopic (exact) mass is 667 g/mol. The van der Waals surface area contributed by atoms with Crippen molar-refractivity contribution in [3.05, 3.63) is 152 Å². The SMILES string of the molecule is c1ccc2c(-c3nc(-n4c5c6ccccc6ccc5c5c6ccccc6c6c7ccccc7oc6c54)nc4c3sc3ccccc34)cccc2c1. The molecule has 0 aliphatic heterocycles. The van der Waals surface area contributed by atoms with Crippen LogP contribution in [0.25, 0.3) is 114 Å². The molecule has 0 atom stereocenters. The minimum Gasteiger partial charge on any atom is -0.454 e. The van der Waals surface area contributed by atoms with E-state index in [-0.39, 0.29) is 0 Å². The number of rotatable bonds is 2. The van der Waals surface area contributed by atoms with Gasteiger partial charge in [-0.3, -0.25) is 4.57 Å². The summed E-state index contributed by atoms with van der Waals surface area (Å²) in [5.74, 6) is 0.627. The number of fused-ring (bicyclic) bond motifs is 16. The van der Waals surface area contributed by atoms with Crippen LogP contribution in [0.5, 0.6) is 0 Å². The maximum absolute atomic E-state index is 6.92. The van der Waals surface area contributed by atoms with Crippen LogP contribution in [0.1, 0.15) is 0 Å². The van der Waals surface area contributed by atoms with E-state index in [0.29, 0.717) is 5.95 Å². The van der Waals surface area contributed by atoms with Gasteiger partial charge in [0.1, 0.15) is 11.1 Å². The Kier molecular flexibility index (Phi) is 5.35. The number of furan rings is 1. The zero-order chi connectivity index (χ0) is 33.2. The molecule has 4 nitrogen and oxygen atoms in total.